The third-order valence-corrected chi connectivity index (χ3v) is 2.14. The van der Waals surface area contributed by atoms with Crippen LogP contribution < -0.4 is 0 Å². The molecule has 0 aliphatic rings. The number of para-hydroxylation sites is 1. The minimum Gasteiger partial charge on any atom is -0.507 e. The van der Waals surface area contributed by atoms with E-state index in [9.17, 15) is 5.11 Å². The fraction of sp³-hybridized carbons (Fsp3) is 0. The van der Waals surface area contributed by atoms with Gasteiger partial charge in [-0.1, -0.05) is 12.1 Å². The Balaban J connectivity index is 2.52. The van der Waals surface area contributed by atoms with E-state index in [1.54, 1.807) is 18.3 Å². The molecule has 13 heavy (non-hydrogen) atoms. The molecule has 66 valence electrons. The van der Waals surface area contributed by atoms with Gasteiger partial charge in [0.2, 0.25) is 0 Å². The summed E-state index contributed by atoms with van der Waals surface area (Å²) in [7, 11) is 0. The van der Waals surface area contributed by atoms with Gasteiger partial charge in [-0.25, -0.2) is 4.98 Å². The second-order valence-electron chi connectivity index (χ2n) is 2.60. The van der Waals surface area contributed by atoms with Gasteiger partial charge < -0.3 is 10.1 Å². The van der Waals surface area contributed by atoms with Crippen molar-refractivity contribution in [2.75, 3.05) is 0 Å². The SMILES string of the molecule is Oc1ccccc1-c1cnc(Br)[nH]1. The Kier molecular flexibility index (Phi) is 2.06. The van der Waals surface area contributed by atoms with E-state index in [0.717, 1.165) is 11.3 Å². The topological polar surface area (TPSA) is 48.9 Å². The van der Waals surface area contributed by atoms with E-state index in [1.807, 2.05) is 12.1 Å². The normalized spacial score (nSPS) is 10.2. The van der Waals surface area contributed by atoms with Crippen LogP contribution in [0.4, 0.5) is 0 Å². The molecule has 0 atom stereocenters. The van der Waals surface area contributed by atoms with E-state index in [-0.39, 0.29) is 5.75 Å². The van der Waals surface area contributed by atoms with Crippen LogP contribution in [0.5, 0.6) is 5.75 Å². The molecule has 2 N–H and O–H groups in total. The van der Waals surface area contributed by atoms with E-state index in [0.29, 0.717) is 4.73 Å². The fourth-order valence-electron chi connectivity index (χ4n) is 1.14. The molecule has 0 aliphatic carbocycles. The van der Waals surface area contributed by atoms with Gasteiger partial charge in [-0.15, -0.1) is 0 Å². The average Bonchev–Trinajstić information content (AvgIpc) is 2.53. The number of rotatable bonds is 1. The summed E-state index contributed by atoms with van der Waals surface area (Å²) < 4.78 is 0.658. The van der Waals surface area contributed by atoms with Crippen LogP contribution in [0.3, 0.4) is 0 Å². The highest BCUT2D eigenvalue weighted by Gasteiger charge is 2.04. The average molecular weight is 239 g/mol. The maximum atomic E-state index is 9.51. The van der Waals surface area contributed by atoms with Gasteiger partial charge >= 0.3 is 0 Å². The number of hydrogen-bond donors (Lipinski definition) is 2. The van der Waals surface area contributed by atoms with Gasteiger partial charge in [0.1, 0.15) is 5.75 Å². The lowest BCUT2D eigenvalue weighted by atomic mass is 10.1. The number of phenolic OH excluding ortho intramolecular Hbond substituents is 1. The zero-order valence-electron chi connectivity index (χ0n) is 6.66. The molecule has 0 amide bonds. The quantitative estimate of drug-likeness (QED) is 0.803. The van der Waals surface area contributed by atoms with Gasteiger partial charge in [0, 0.05) is 5.56 Å². The number of imidazole rings is 1. The van der Waals surface area contributed by atoms with Crippen LogP contribution >= 0.6 is 15.9 Å². The van der Waals surface area contributed by atoms with Crippen molar-refractivity contribution in [2.24, 2.45) is 0 Å². The molecule has 0 aliphatic heterocycles. The number of halogens is 1. The molecule has 0 fully saturated rings. The predicted octanol–water partition coefficient (Wildman–Crippen LogP) is 2.54. The van der Waals surface area contributed by atoms with Crippen LogP contribution in [0.2, 0.25) is 0 Å². The molecule has 1 heterocycles. The highest BCUT2D eigenvalue weighted by Crippen LogP contribution is 2.27. The lowest BCUT2D eigenvalue weighted by Gasteiger charge is -1.99. The Morgan fingerprint density at radius 2 is 2.08 bits per heavy atom. The molecule has 0 unspecified atom stereocenters. The van der Waals surface area contributed by atoms with E-state index in [2.05, 4.69) is 25.9 Å². The molecule has 0 radical (unpaired) electrons. The summed E-state index contributed by atoms with van der Waals surface area (Å²) in [6.45, 7) is 0. The Morgan fingerprint density at radius 3 is 2.69 bits per heavy atom. The number of H-pyrrole nitrogens is 1. The zero-order chi connectivity index (χ0) is 9.26. The first-order valence-corrected chi connectivity index (χ1v) is 4.55. The largest absolute Gasteiger partial charge is 0.507 e. The van der Waals surface area contributed by atoms with Crippen LogP contribution in [0.25, 0.3) is 11.3 Å². The summed E-state index contributed by atoms with van der Waals surface area (Å²) in [5, 5.41) is 9.51. The van der Waals surface area contributed by atoms with Crippen molar-refractivity contribution in [1.82, 2.24) is 9.97 Å². The summed E-state index contributed by atoms with van der Waals surface area (Å²) in [5.41, 5.74) is 1.55. The van der Waals surface area contributed by atoms with Crippen LogP contribution in [0.15, 0.2) is 35.2 Å². The van der Waals surface area contributed by atoms with Gasteiger partial charge in [-0.05, 0) is 28.1 Å². The molecule has 0 bridgehead atoms. The Labute approximate surface area is 83.6 Å². The number of hydrogen-bond acceptors (Lipinski definition) is 2. The molecule has 3 nitrogen and oxygen atoms in total. The molecule has 0 saturated heterocycles. The Hall–Kier alpha value is -1.29. The first-order chi connectivity index (χ1) is 6.27. The van der Waals surface area contributed by atoms with Gasteiger partial charge in [0.25, 0.3) is 0 Å². The molecule has 2 aromatic rings. The first-order valence-electron chi connectivity index (χ1n) is 3.76. The van der Waals surface area contributed by atoms with Crippen LogP contribution in [-0.4, -0.2) is 15.1 Å². The number of nitrogens with zero attached hydrogens (tertiary/aromatic N) is 1. The lowest BCUT2D eigenvalue weighted by molar-refractivity contribution is 0.477. The van der Waals surface area contributed by atoms with Crippen LogP contribution in [-0.2, 0) is 0 Å². The maximum Gasteiger partial charge on any atom is 0.174 e. The van der Waals surface area contributed by atoms with Gasteiger partial charge in [0.05, 0.1) is 11.9 Å². The smallest absolute Gasteiger partial charge is 0.174 e. The number of benzene rings is 1. The monoisotopic (exact) mass is 238 g/mol. The van der Waals surface area contributed by atoms with E-state index >= 15 is 0 Å². The van der Waals surface area contributed by atoms with Crippen molar-refractivity contribution in [2.45, 2.75) is 0 Å². The minimum absolute atomic E-state index is 0.249. The highest BCUT2D eigenvalue weighted by atomic mass is 79.9. The van der Waals surface area contributed by atoms with E-state index in [1.165, 1.54) is 0 Å². The zero-order valence-corrected chi connectivity index (χ0v) is 8.25. The number of phenols is 1. The summed E-state index contributed by atoms with van der Waals surface area (Å²) in [5.74, 6) is 0.249. The highest BCUT2D eigenvalue weighted by molar-refractivity contribution is 9.10. The molecular weight excluding hydrogens is 232 g/mol. The van der Waals surface area contributed by atoms with Crippen molar-refractivity contribution in [3.05, 3.63) is 35.2 Å². The van der Waals surface area contributed by atoms with Crippen molar-refractivity contribution in [3.63, 3.8) is 0 Å². The lowest BCUT2D eigenvalue weighted by Crippen LogP contribution is -1.77. The summed E-state index contributed by atoms with van der Waals surface area (Å²) in [6, 6.07) is 7.12. The van der Waals surface area contributed by atoms with Crippen molar-refractivity contribution >= 4 is 15.9 Å². The number of aromatic amines is 1. The Bertz CT molecular complexity index is 425. The summed E-state index contributed by atoms with van der Waals surface area (Å²) >= 11 is 3.21. The summed E-state index contributed by atoms with van der Waals surface area (Å²) in [4.78, 5) is 6.96. The molecule has 0 spiro atoms. The number of nitrogens with one attached hydrogen (secondary N) is 1. The second-order valence-corrected chi connectivity index (χ2v) is 3.36. The molecule has 4 heteroatoms. The third kappa shape index (κ3) is 1.58. The van der Waals surface area contributed by atoms with Crippen LogP contribution in [0, 0.1) is 0 Å². The standard InChI is InChI=1S/C9H7BrN2O/c10-9-11-5-7(12-9)6-3-1-2-4-8(6)13/h1-5,13H,(H,11,12). The molecule has 0 saturated carbocycles. The molecule has 1 aromatic carbocycles. The second kappa shape index (κ2) is 3.22. The third-order valence-electron chi connectivity index (χ3n) is 1.74. The van der Waals surface area contributed by atoms with Crippen molar-refractivity contribution < 1.29 is 5.11 Å². The van der Waals surface area contributed by atoms with Gasteiger partial charge in [-0.3, -0.25) is 0 Å². The summed E-state index contributed by atoms with van der Waals surface area (Å²) in [6.07, 6.45) is 1.67. The Morgan fingerprint density at radius 1 is 1.31 bits per heavy atom. The first kappa shape index (κ1) is 8.31. The number of aromatic nitrogens is 2. The minimum atomic E-state index is 0.249. The van der Waals surface area contributed by atoms with E-state index in [4.69, 9.17) is 0 Å². The van der Waals surface area contributed by atoms with Crippen LogP contribution in [0.1, 0.15) is 0 Å². The van der Waals surface area contributed by atoms with Gasteiger partial charge in [0.15, 0.2) is 4.73 Å². The molecule has 2 rings (SSSR count). The van der Waals surface area contributed by atoms with E-state index < -0.39 is 0 Å². The van der Waals surface area contributed by atoms with Gasteiger partial charge in [-0.2, -0.15) is 0 Å². The number of aromatic hydroxyl groups is 1. The molecule has 1 aromatic heterocycles. The molecular formula is C9H7BrN2O. The van der Waals surface area contributed by atoms with Crippen molar-refractivity contribution in [1.29, 1.82) is 0 Å². The van der Waals surface area contributed by atoms with Crippen molar-refractivity contribution in [3.8, 4) is 17.0 Å². The maximum absolute atomic E-state index is 9.51. The predicted molar refractivity (Wildman–Crippen MR) is 53.4 cm³/mol. The fourth-order valence-corrected chi connectivity index (χ4v) is 1.45.